The van der Waals surface area contributed by atoms with E-state index in [2.05, 4.69) is 18.2 Å². The van der Waals surface area contributed by atoms with E-state index in [-0.39, 0.29) is 18.9 Å². The molecule has 1 aliphatic rings. The zero-order valence-electron chi connectivity index (χ0n) is 18.3. The Labute approximate surface area is 192 Å². The molecule has 0 unspecified atom stereocenters. The molecule has 1 N–H and O–H groups in total. The van der Waals surface area contributed by atoms with Crippen molar-refractivity contribution in [3.05, 3.63) is 95.1 Å². The number of hydrogen-bond donors (Lipinski definition) is 1. The predicted octanol–water partition coefficient (Wildman–Crippen LogP) is 4.63. The van der Waals surface area contributed by atoms with Crippen LogP contribution in [-0.4, -0.2) is 41.8 Å². The monoisotopic (exact) mass is 440 g/mol. The van der Waals surface area contributed by atoms with Gasteiger partial charge in [-0.05, 0) is 33.4 Å². The summed E-state index contributed by atoms with van der Waals surface area (Å²) in [5.74, 6) is -1.20. The van der Waals surface area contributed by atoms with Crippen molar-refractivity contribution < 1.29 is 19.4 Å². The van der Waals surface area contributed by atoms with Crippen molar-refractivity contribution in [1.82, 2.24) is 4.90 Å². The minimum Gasteiger partial charge on any atom is -0.480 e. The number of amides is 1. The summed E-state index contributed by atoms with van der Waals surface area (Å²) >= 11 is 0. The minimum absolute atomic E-state index is 0.0919. The van der Waals surface area contributed by atoms with Gasteiger partial charge < -0.3 is 9.84 Å². The van der Waals surface area contributed by atoms with Gasteiger partial charge in [0.15, 0.2) is 0 Å². The Morgan fingerprint density at radius 2 is 1.52 bits per heavy atom. The van der Waals surface area contributed by atoms with Crippen LogP contribution in [0.25, 0.3) is 11.1 Å². The summed E-state index contributed by atoms with van der Waals surface area (Å²) in [6.07, 6.45) is -0.240. The number of benzene rings is 3. The van der Waals surface area contributed by atoms with Crippen molar-refractivity contribution >= 4 is 12.1 Å². The molecule has 0 aliphatic heterocycles. The molecule has 0 heterocycles. The molecule has 33 heavy (non-hydrogen) atoms. The van der Waals surface area contributed by atoms with E-state index < -0.39 is 18.1 Å². The first-order valence-corrected chi connectivity index (χ1v) is 10.7. The maximum Gasteiger partial charge on any atom is 0.410 e. The highest BCUT2D eigenvalue weighted by Gasteiger charge is 2.32. The first kappa shape index (κ1) is 22.1. The van der Waals surface area contributed by atoms with Gasteiger partial charge >= 0.3 is 12.1 Å². The van der Waals surface area contributed by atoms with Crippen LogP contribution in [0.15, 0.2) is 72.8 Å². The summed E-state index contributed by atoms with van der Waals surface area (Å²) in [4.78, 5) is 25.9. The third-order valence-corrected chi connectivity index (χ3v) is 6.11. The van der Waals surface area contributed by atoms with Crippen LogP contribution >= 0.6 is 0 Å². The van der Waals surface area contributed by atoms with E-state index >= 15 is 0 Å². The van der Waals surface area contributed by atoms with Crippen LogP contribution in [0.1, 0.15) is 28.2 Å². The van der Waals surface area contributed by atoms with E-state index in [0.717, 1.165) is 38.3 Å². The third kappa shape index (κ3) is 4.58. The molecule has 1 atom stereocenters. The molecule has 0 saturated heterocycles. The van der Waals surface area contributed by atoms with Crippen LogP contribution in [0.2, 0.25) is 0 Å². The van der Waals surface area contributed by atoms with Crippen molar-refractivity contribution in [1.29, 1.82) is 5.26 Å². The van der Waals surface area contributed by atoms with Crippen LogP contribution < -0.4 is 0 Å². The Balaban J connectivity index is 1.45. The number of ether oxygens (including phenoxy) is 1. The maximum absolute atomic E-state index is 12.8. The number of rotatable bonds is 7. The quantitative estimate of drug-likeness (QED) is 0.578. The van der Waals surface area contributed by atoms with Crippen molar-refractivity contribution in [3.63, 3.8) is 0 Å². The van der Waals surface area contributed by atoms with Crippen molar-refractivity contribution in [2.45, 2.75) is 24.8 Å². The van der Waals surface area contributed by atoms with Gasteiger partial charge in [-0.2, -0.15) is 5.26 Å². The Kier molecular flexibility index (Phi) is 6.41. The van der Waals surface area contributed by atoms with E-state index in [1.165, 1.54) is 7.05 Å². The van der Waals surface area contributed by atoms with Crippen LogP contribution in [-0.2, 0) is 22.4 Å². The highest BCUT2D eigenvalue weighted by molar-refractivity contribution is 5.81. The van der Waals surface area contributed by atoms with Crippen LogP contribution in [0.5, 0.6) is 0 Å². The number of aliphatic carboxylic acids is 1. The largest absolute Gasteiger partial charge is 0.480 e. The first-order valence-electron chi connectivity index (χ1n) is 10.7. The summed E-state index contributed by atoms with van der Waals surface area (Å²) in [6, 6.07) is 24.3. The Morgan fingerprint density at radius 3 is 2.06 bits per heavy atom. The average molecular weight is 440 g/mol. The molecule has 1 aliphatic carbocycles. The molecule has 3 aromatic carbocycles. The molecule has 0 bridgehead atoms. The van der Waals surface area contributed by atoms with Gasteiger partial charge in [0.05, 0.1) is 12.5 Å². The number of carboxylic acid groups (broad SMARTS) is 1. The topological polar surface area (TPSA) is 90.6 Å². The number of nitriles is 1. The molecule has 0 spiro atoms. The lowest BCUT2D eigenvalue weighted by Crippen LogP contribution is -2.44. The molecule has 0 saturated carbocycles. The Bertz CT molecular complexity index is 1170. The summed E-state index contributed by atoms with van der Waals surface area (Å²) < 4.78 is 5.61. The number of hydrogen-bond acceptors (Lipinski definition) is 4. The van der Waals surface area contributed by atoms with Gasteiger partial charge in [-0.15, -0.1) is 0 Å². The van der Waals surface area contributed by atoms with Crippen LogP contribution in [0.4, 0.5) is 4.79 Å². The predicted molar refractivity (Wildman–Crippen MR) is 124 cm³/mol. The number of carbonyl (C=O) groups is 2. The number of carbonyl (C=O) groups excluding carboxylic acids is 1. The molecule has 6 heteroatoms. The van der Waals surface area contributed by atoms with Crippen molar-refractivity contribution in [2.75, 3.05) is 13.7 Å². The molecule has 1 amide bonds. The van der Waals surface area contributed by atoms with Gasteiger partial charge in [0, 0.05) is 19.4 Å². The lowest BCUT2D eigenvalue weighted by Gasteiger charge is -2.25. The Hall–Kier alpha value is -4.11. The van der Waals surface area contributed by atoms with Gasteiger partial charge in [0.1, 0.15) is 12.6 Å². The number of likely N-dealkylation sites (N-methyl/N-ethyl adjacent to an activating group) is 1. The number of nitrogens with zero attached hydrogens (tertiary/aromatic N) is 2. The lowest BCUT2D eigenvalue weighted by atomic mass is 9.98. The van der Waals surface area contributed by atoms with Gasteiger partial charge in [-0.1, -0.05) is 72.8 Å². The fourth-order valence-corrected chi connectivity index (χ4v) is 4.32. The third-order valence-electron chi connectivity index (χ3n) is 6.11. The van der Waals surface area contributed by atoms with Gasteiger partial charge in [0.2, 0.25) is 0 Å². The van der Waals surface area contributed by atoms with Gasteiger partial charge in [-0.3, -0.25) is 4.90 Å². The van der Waals surface area contributed by atoms with E-state index in [9.17, 15) is 14.7 Å². The number of fused-ring (bicyclic) bond motifs is 3. The number of carboxylic acids is 1. The SMILES string of the molecule is CN(C(=O)OCC1c2ccccc2-c2ccccc21)[C@@H](Cc1ccc(CC#N)cc1)C(=O)O. The first-order chi connectivity index (χ1) is 16.0. The van der Waals surface area contributed by atoms with E-state index in [1.54, 1.807) is 24.3 Å². The second-order valence-electron chi connectivity index (χ2n) is 8.12. The van der Waals surface area contributed by atoms with Gasteiger partial charge in [0.25, 0.3) is 0 Å². The molecule has 0 radical (unpaired) electrons. The second-order valence-corrected chi connectivity index (χ2v) is 8.12. The maximum atomic E-state index is 12.8. The molecule has 166 valence electrons. The highest BCUT2D eigenvalue weighted by atomic mass is 16.6. The highest BCUT2D eigenvalue weighted by Crippen LogP contribution is 2.44. The molecular weight excluding hydrogens is 416 g/mol. The fraction of sp³-hybridized carbons (Fsp3) is 0.222. The summed E-state index contributed by atoms with van der Waals surface area (Å²) in [6.45, 7) is 0.131. The molecule has 0 aromatic heterocycles. The lowest BCUT2D eigenvalue weighted by molar-refractivity contribution is -0.142. The van der Waals surface area contributed by atoms with E-state index in [0.29, 0.717) is 6.42 Å². The average Bonchev–Trinajstić information content (AvgIpc) is 3.15. The van der Waals surface area contributed by atoms with Crippen molar-refractivity contribution in [2.24, 2.45) is 0 Å². The van der Waals surface area contributed by atoms with E-state index in [1.807, 2.05) is 36.4 Å². The Morgan fingerprint density at radius 1 is 0.970 bits per heavy atom. The smallest absolute Gasteiger partial charge is 0.410 e. The molecule has 3 aromatic rings. The minimum atomic E-state index is -1.10. The molecule has 0 fully saturated rings. The van der Waals surface area contributed by atoms with E-state index in [4.69, 9.17) is 10.00 Å². The molecular formula is C27H24N2O4. The van der Waals surface area contributed by atoms with Gasteiger partial charge in [-0.25, -0.2) is 9.59 Å². The van der Waals surface area contributed by atoms with Crippen LogP contribution in [0, 0.1) is 11.3 Å². The van der Waals surface area contributed by atoms with Crippen molar-refractivity contribution in [3.8, 4) is 17.2 Å². The normalized spacial score (nSPS) is 12.8. The zero-order valence-corrected chi connectivity index (χ0v) is 18.3. The summed E-state index contributed by atoms with van der Waals surface area (Å²) in [5, 5.41) is 18.5. The summed E-state index contributed by atoms with van der Waals surface area (Å²) in [7, 11) is 1.45. The fourth-order valence-electron chi connectivity index (χ4n) is 4.32. The van der Waals surface area contributed by atoms with Crippen LogP contribution in [0.3, 0.4) is 0 Å². The molecule has 6 nitrogen and oxygen atoms in total. The second kappa shape index (κ2) is 9.58. The zero-order chi connectivity index (χ0) is 23.4. The molecule has 4 rings (SSSR count). The summed E-state index contributed by atoms with van der Waals surface area (Å²) in [5.41, 5.74) is 6.08. The standard InChI is InChI=1S/C27H24N2O4/c1-29(25(26(30)31)16-19-12-10-18(11-13-19)14-15-28)27(32)33-17-24-22-8-4-2-6-20(22)21-7-3-5-9-23(21)24/h2-13,24-25H,14,16-17H2,1H3,(H,30,31)/t25-/m0/s1.